The monoisotopic (exact) mass is 381 g/mol. The molecule has 1 fully saturated rings. The Labute approximate surface area is 167 Å². The number of anilines is 2. The molecular weight excluding hydrogens is 354 g/mol. The molecule has 1 heterocycles. The molecule has 0 bridgehead atoms. The van der Waals surface area contributed by atoms with Crippen molar-refractivity contribution < 1.29 is 4.79 Å². The third-order valence-corrected chi connectivity index (χ3v) is 4.92. The van der Waals surface area contributed by atoms with Crippen LogP contribution in [0.15, 0.2) is 54.6 Å². The molecule has 1 amide bonds. The summed E-state index contributed by atoms with van der Waals surface area (Å²) < 4.78 is 0. The van der Waals surface area contributed by atoms with E-state index >= 15 is 0 Å². The van der Waals surface area contributed by atoms with Gasteiger partial charge in [-0.15, -0.1) is 0 Å². The van der Waals surface area contributed by atoms with Gasteiger partial charge in [0, 0.05) is 24.3 Å². The molecule has 0 aromatic heterocycles. The molecule has 2 N–H and O–H groups in total. The second-order valence-electron chi connectivity index (χ2n) is 7.39. The van der Waals surface area contributed by atoms with Crippen molar-refractivity contribution in [3.63, 3.8) is 0 Å². The summed E-state index contributed by atoms with van der Waals surface area (Å²) in [6, 6.07) is 18.4. The Morgan fingerprint density at radius 2 is 1.93 bits per heavy atom. The quantitative estimate of drug-likeness (QED) is 0.700. The number of benzene rings is 2. The minimum Gasteiger partial charge on any atom is -0.356 e. The highest BCUT2D eigenvalue weighted by Crippen LogP contribution is 2.25. The van der Waals surface area contributed by atoms with Crippen LogP contribution in [0.5, 0.6) is 0 Å². The van der Waals surface area contributed by atoms with E-state index in [0.29, 0.717) is 17.5 Å². The van der Waals surface area contributed by atoms with Crippen LogP contribution in [-0.2, 0) is 4.79 Å². The second kappa shape index (κ2) is 9.00. The average molecular weight is 382 g/mol. The predicted molar refractivity (Wildman–Crippen MR) is 116 cm³/mol. The summed E-state index contributed by atoms with van der Waals surface area (Å²) in [4.78, 5) is 13.8. The molecule has 0 radical (unpaired) electrons. The van der Waals surface area contributed by atoms with E-state index in [-0.39, 0.29) is 11.9 Å². The van der Waals surface area contributed by atoms with Crippen molar-refractivity contribution >= 4 is 34.6 Å². The molecule has 0 saturated carbocycles. The van der Waals surface area contributed by atoms with Gasteiger partial charge in [-0.05, 0) is 54.7 Å². The molecule has 1 aliphatic rings. The Morgan fingerprint density at radius 3 is 2.59 bits per heavy atom. The molecule has 4 nitrogen and oxygen atoms in total. The molecular formula is C22H27N3OS. The summed E-state index contributed by atoms with van der Waals surface area (Å²) in [6.45, 7) is 5.21. The summed E-state index contributed by atoms with van der Waals surface area (Å²) in [5, 5.41) is 7.32. The molecule has 1 saturated heterocycles. The van der Waals surface area contributed by atoms with Gasteiger partial charge in [-0.3, -0.25) is 4.79 Å². The number of hydrogen-bond donors (Lipinski definition) is 2. The van der Waals surface area contributed by atoms with E-state index in [2.05, 4.69) is 48.7 Å². The summed E-state index contributed by atoms with van der Waals surface area (Å²) >= 11 is 5.56. The van der Waals surface area contributed by atoms with Crippen LogP contribution in [0.2, 0.25) is 0 Å². The van der Waals surface area contributed by atoms with Gasteiger partial charge in [0.05, 0.1) is 6.04 Å². The van der Waals surface area contributed by atoms with E-state index in [1.165, 1.54) is 5.56 Å². The minimum absolute atomic E-state index is 0.162. The first-order valence-corrected chi connectivity index (χ1v) is 9.96. The van der Waals surface area contributed by atoms with Crippen molar-refractivity contribution in [2.24, 2.45) is 5.92 Å². The van der Waals surface area contributed by atoms with E-state index in [1.54, 1.807) is 0 Å². The molecule has 0 spiro atoms. The Balaban J connectivity index is 1.68. The van der Waals surface area contributed by atoms with Gasteiger partial charge in [-0.1, -0.05) is 50.2 Å². The third-order valence-electron chi connectivity index (χ3n) is 4.70. The third kappa shape index (κ3) is 5.30. The summed E-state index contributed by atoms with van der Waals surface area (Å²) in [7, 11) is 0. The van der Waals surface area contributed by atoms with Crippen LogP contribution >= 0.6 is 12.2 Å². The van der Waals surface area contributed by atoms with Crippen molar-refractivity contribution in [3.8, 4) is 0 Å². The number of thiocarbonyl (C=S) groups is 1. The second-order valence-corrected chi connectivity index (χ2v) is 7.80. The zero-order valence-corrected chi connectivity index (χ0v) is 16.8. The SMILES string of the molecule is CC(C)C[C@H](NC(=S)Nc1cccc(N2CCCC2=O)c1)c1ccccc1. The first-order valence-electron chi connectivity index (χ1n) is 9.56. The fourth-order valence-corrected chi connectivity index (χ4v) is 3.69. The number of nitrogens with one attached hydrogen (secondary N) is 2. The minimum atomic E-state index is 0.162. The van der Waals surface area contributed by atoms with Crippen LogP contribution in [-0.4, -0.2) is 17.6 Å². The van der Waals surface area contributed by atoms with E-state index in [0.717, 1.165) is 30.8 Å². The van der Waals surface area contributed by atoms with Gasteiger partial charge in [0.1, 0.15) is 0 Å². The molecule has 27 heavy (non-hydrogen) atoms. The highest BCUT2D eigenvalue weighted by Gasteiger charge is 2.22. The van der Waals surface area contributed by atoms with E-state index in [4.69, 9.17) is 12.2 Å². The van der Waals surface area contributed by atoms with Crippen LogP contribution < -0.4 is 15.5 Å². The Bertz CT molecular complexity index is 791. The topological polar surface area (TPSA) is 44.4 Å². The smallest absolute Gasteiger partial charge is 0.227 e. The first-order chi connectivity index (χ1) is 13.0. The van der Waals surface area contributed by atoms with Crippen molar-refractivity contribution in [2.75, 3.05) is 16.8 Å². The lowest BCUT2D eigenvalue weighted by Gasteiger charge is -2.23. The molecule has 142 valence electrons. The van der Waals surface area contributed by atoms with Gasteiger partial charge in [0.2, 0.25) is 5.91 Å². The van der Waals surface area contributed by atoms with Crippen LogP contribution in [0.25, 0.3) is 0 Å². The lowest BCUT2D eigenvalue weighted by molar-refractivity contribution is -0.117. The van der Waals surface area contributed by atoms with Crippen LogP contribution in [0.1, 0.15) is 44.7 Å². The highest BCUT2D eigenvalue weighted by molar-refractivity contribution is 7.80. The maximum Gasteiger partial charge on any atom is 0.227 e. The van der Waals surface area contributed by atoms with Gasteiger partial charge in [-0.25, -0.2) is 0 Å². The average Bonchev–Trinajstić information content (AvgIpc) is 3.08. The maximum absolute atomic E-state index is 12.0. The lowest BCUT2D eigenvalue weighted by Crippen LogP contribution is -2.33. The molecule has 1 aliphatic heterocycles. The maximum atomic E-state index is 12.0. The van der Waals surface area contributed by atoms with E-state index < -0.39 is 0 Å². The van der Waals surface area contributed by atoms with Gasteiger partial charge in [0.15, 0.2) is 5.11 Å². The largest absolute Gasteiger partial charge is 0.356 e. The molecule has 0 unspecified atom stereocenters. The summed E-state index contributed by atoms with van der Waals surface area (Å²) in [6.07, 6.45) is 2.55. The van der Waals surface area contributed by atoms with Gasteiger partial charge in [0.25, 0.3) is 0 Å². The van der Waals surface area contributed by atoms with Crippen molar-refractivity contribution in [3.05, 3.63) is 60.2 Å². The summed E-state index contributed by atoms with van der Waals surface area (Å²) in [5.41, 5.74) is 3.04. The molecule has 3 rings (SSSR count). The Hall–Kier alpha value is -2.40. The van der Waals surface area contributed by atoms with Gasteiger partial charge >= 0.3 is 0 Å². The number of rotatable bonds is 6. The standard InChI is InChI=1S/C22H27N3OS/c1-16(2)14-20(17-8-4-3-5-9-17)24-22(27)23-18-10-6-11-19(15-18)25-13-7-12-21(25)26/h3-6,8-11,15-16,20H,7,12-14H2,1-2H3,(H2,23,24,27)/t20-/m0/s1. The summed E-state index contributed by atoms with van der Waals surface area (Å²) in [5.74, 6) is 0.740. The zero-order chi connectivity index (χ0) is 19.2. The number of carbonyl (C=O) groups excluding carboxylic acids is 1. The number of carbonyl (C=O) groups is 1. The number of amides is 1. The Kier molecular flexibility index (Phi) is 6.45. The van der Waals surface area contributed by atoms with E-state index in [1.807, 2.05) is 35.2 Å². The first kappa shape index (κ1) is 19.4. The van der Waals surface area contributed by atoms with E-state index in [9.17, 15) is 4.79 Å². The van der Waals surface area contributed by atoms with Gasteiger partial charge < -0.3 is 15.5 Å². The molecule has 2 aromatic carbocycles. The number of nitrogens with zero attached hydrogens (tertiary/aromatic N) is 1. The Morgan fingerprint density at radius 1 is 1.15 bits per heavy atom. The van der Waals surface area contributed by atoms with Crippen LogP contribution in [0, 0.1) is 5.92 Å². The highest BCUT2D eigenvalue weighted by atomic mass is 32.1. The molecule has 0 aliphatic carbocycles. The zero-order valence-electron chi connectivity index (χ0n) is 15.9. The van der Waals surface area contributed by atoms with Gasteiger partial charge in [-0.2, -0.15) is 0 Å². The molecule has 2 aromatic rings. The number of hydrogen-bond acceptors (Lipinski definition) is 2. The normalized spacial score (nSPS) is 15.1. The van der Waals surface area contributed by atoms with Crippen LogP contribution in [0.3, 0.4) is 0 Å². The fraction of sp³-hybridized carbons (Fsp3) is 0.364. The lowest BCUT2D eigenvalue weighted by atomic mass is 9.97. The van der Waals surface area contributed by atoms with Crippen molar-refractivity contribution in [2.45, 2.75) is 39.2 Å². The molecule has 5 heteroatoms. The fourth-order valence-electron chi connectivity index (χ4n) is 3.43. The predicted octanol–water partition coefficient (Wildman–Crippen LogP) is 4.89. The van der Waals surface area contributed by atoms with Crippen LogP contribution in [0.4, 0.5) is 11.4 Å². The van der Waals surface area contributed by atoms with Crippen molar-refractivity contribution in [1.29, 1.82) is 0 Å². The van der Waals surface area contributed by atoms with Crippen molar-refractivity contribution in [1.82, 2.24) is 5.32 Å². The molecule has 1 atom stereocenters.